The predicted molar refractivity (Wildman–Crippen MR) is 76.2 cm³/mol. The van der Waals surface area contributed by atoms with E-state index in [2.05, 4.69) is 0 Å². The van der Waals surface area contributed by atoms with Crippen molar-refractivity contribution >= 4 is 11.6 Å². The predicted octanol–water partition coefficient (Wildman–Crippen LogP) is 1.25. The van der Waals surface area contributed by atoms with E-state index in [0.717, 1.165) is 6.08 Å². The minimum atomic E-state index is -1.03. The Hall–Kier alpha value is -2.34. The van der Waals surface area contributed by atoms with E-state index in [1.807, 2.05) is 0 Å². The van der Waals surface area contributed by atoms with Gasteiger partial charge in [-0.3, -0.25) is 9.59 Å². The van der Waals surface area contributed by atoms with Crippen molar-refractivity contribution in [3.63, 3.8) is 0 Å². The number of rotatable bonds is 1. The Morgan fingerprint density at radius 2 is 1.77 bits per heavy atom. The number of aromatic hydroxyl groups is 2. The van der Waals surface area contributed by atoms with Crippen molar-refractivity contribution in [1.82, 2.24) is 0 Å². The first-order valence-electron chi connectivity index (χ1n) is 6.93. The van der Waals surface area contributed by atoms with Crippen LogP contribution in [-0.4, -0.2) is 39.6 Å². The molecule has 0 fully saturated rings. The third-order valence-electron chi connectivity index (χ3n) is 4.31. The van der Waals surface area contributed by atoms with Gasteiger partial charge in [0.1, 0.15) is 11.5 Å². The van der Waals surface area contributed by atoms with Gasteiger partial charge in [0.15, 0.2) is 11.5 Å². The molecule has 0 aliphatic heterocycles. The van der Waals surface area contributed by atoms with Gasteiger partial charge in [0.05, 0.1) is 23.8 Å². The van der Waals surface area contributed by atoms with E-state index in [-0.39, 0.29) is 34.8 Å². The maximum atomic E-state index is 12.3. The van der Waals surface area contributed by atoms with Crippen molar-refractivity contribution in [3.05, 3.63) is 34.1 Å². The molecule has 0 saturated carbocycles. The first kappa shape index (κ1) is 14.6. The van der Waals surface area contributed by atoms with Crippen molar-refractivity contribution in [1.29, 1.82) is 0 Å². The van der Waals surface area contributed by atoms with Crippen LogP contribution in [0.1, 0.15) is 45.2 Å². The number of aliphatic hydroxyl groups is 1. The quantitative estimate of drug-likeness (QED) is 0.674. The van der Waals surface area contributed by atoms with Crippen molar-refractivity contribution in [2.75, 3.05) is 7.11 Å². The lowest BCUT2D eigenvalue weighted by atomic mass is 9.77. The second-order valence-electron chi connectivity index (χ2n) is 5.98. The first-order valence-corrected chi connectivity index (χ1v) is 6.93. The van der Waals surface area contributed by atoms with E-state index in [4.69, 9.17) is 4.74 Å². The Morgan fingerprint density at radius 1 is 1.14 bits per heavy atom. The number of Topliss-reactive ketones (excluding diaryl/α,β-unsaturated/α-hetero) is 1. The number of ether oxygens (including phenoxy) is 1. The third kappa shape index (κ3) is 1.91. The molecule has 0 heterocycles. The van der Waals surface area contributed by atoms with Crippen LogP contribution in [0.25, 0.3) is 0 Å². The van der Waals surface area contributed by atoms with Crippen LogP contribution >= 0.6 is 0 Å². The smallest absolute Gasteiger partial charge is 0.232 e. The normalized spacial score (nSPS) is 23.7. The van der Waals surface area contributed by atoms with Gasteiger partial charge in [-0.1, -0.05) is 0 Å². The number of hydrogen-bond acceptors (Lipinski definition) is 6. The van der Waals surface area contributed by atoms with Crippen molar-refractivity contribution in [2.45, 2.75) is 31.8 Å². The van der Waals surface area contributed by atoms with Gasteiger partial charge in [0.25, 0.3) is 0 Å². The second kappa shape index (κ2) is 4.58. The summed E-state index contributed by atoms with van der Waals surface area (Å²) in [5, 5.41) is 31.0. The number of phenols is 2. The lowest BCUT2D eigenvalue weighted by Crippen LogP contribution is -2.33. The zero-order chi connectivity index (χ0) is 16.2. The molecular weight excluding hydrogens is 288 g/mol. The Bertz CT molecular complexity index is 742. The zero-order valence-electron chi connectivity index (χ0n) is 12.3. The molecule has 1 aromatic rings. The molecule has 1 aromatic carbocycles. The number of hydrogen-bond donors (Lipinski definition) is 3. The molecule has 0 bridgehead atoms. The molecule has 0 amide bonds. The van der Waals surface area contributed by atoms with Crippen molar-refractivity contribution in [2.24, 2.45) is 0 Å². The summed E-state index contributed by atoms with van der Waals surface area (Å²) in [6.07, 6.45) is 1.82. The van der Waals surface area contributed by atoms with Crippen LogP contribution in [0.2, 0.25) is 0 Å². The van der Waals surface area contributed by atoms with Gasteiger partial charge in [0.2, 0.25) is 5.78 Å². The lowest BCUT2D eigenvalue weighted by molar-refractivity contribution is 0.0446. The van der Waals surface area contributed by atoms with E-state index in [1.165, 1.54) is 7.11 Å². The standard InChI is InChI=1S/C16H16O6/c1-16(21)4-3-7-8(6-16)14(19)12-11(13(7)18)9(17)5-10(22-2)15(12)20/h5,18-19,21H,3-4,6H2,1-2H3/t16-/m0/s1. The van der Waals surface area contributed by atoms with Gasteiger partial charge in [-0.25, -0.2) is 0 Å². The summed E-state index contributed by atoms with van der Waals surface area (Å²) in [6, 6.07) is 0. The van der Waals surface area contributed by atoms with Crippen LogP contribution in [0.3, 0.4) is 0 Å². The summed E-state index contributed by atoms with van der Waals surface area (Å²) in [5.74, 6) is -2.07. The lowest BCUT2D eigenvalue weighted by Gasteiger charge is -2.32. The van der Waals surface area contributed by atoms with Crippen LogP contribution in [-0.2, 0) is 17.6 Å². The Kier molecular flexibility index (Phi) is 3.04. The molecule has 116 valence electrons. The molecule has 0 saturated heterocycles. The molecule has 6 heteroatoms. The summed E-state index contributed by atoms with van der Waals surface area (Å²) in [4.78, 5) is 24.5. The molecular formula is C16H16O6. The Labute approximate surface area is 126 Å². The largest absolute Gasteiger partial charge is 0.507 e. The SMILES string of the molecule is COC1=CC(=O)c2c(O)c3c(c(O)c2C1=O)C[C@@](C)(O)CC3. The van der Waals surface area contributed by atoms with Crippen LogP contribution in [0.5, 0.6) is 11.5 Å². The van der Waals surface area contributed by atoms with Crippen LogP contribution in [0.15, 0.2) is 11.8 Å². The van der Waals surface area contributed by atoms with E-state index in [1.54, 1.807) is 6.92 Å². The molecule has 6 nitrogen and oxygen atoms in total. The van der Waals surface area contributed by atoms with Crippen LogP contribution in [0, 0.1) is 0 Å². The fraction of sp³-hybridized carbons (Fsp3) is 0.375. The van der Waals surface area contributed by atoms with Crippen LogP contribution < -0.4 is 0 Å². The number of carbonyl (C=O) groups excluding carboxylic acids is 2. The topological polar surface area (TPSA) is 104 Å². The maximum absolute atomic E-state index is 12.3. The van der Waals surface area contributed by atoms with Gasteiger partial charge < -0.3 is 20.1 Å². The van der Waals surface area contributed by atoms with Crippen molar-refractivity contribution in [3.8, 4) is 11.5 Å². The monoisotopic (exact) mass is 304 g/mol. The highest BCUT2D eigenvalue weighted by Crippen LogP contribution is 2.45. The molecule has 0 radical (unpaired) electrons. The highest BCUT2D eigenvalue weighted by atomic mass is 16.5. The van der Waals surface area contributed by atoms with Gasteiger partial charge in [-0.15, -0.1) is 0 Å². The number of carbonyl (C=O) groups is 2. The Morgan fingerprint density at radius 3 is 2.41 bits per heavy atom. The summed E-state index contributed by atoms with van der Waals surface area (Å²) in [6.45, 7) is 1.62. The fourth-order valence-corrected chi connectivity index (χ4v) is 3.14. The number of benzene rings is 1. The van der Waals surface area contributed by atoms with Gasteiger partial charge >= 0.3 is 0 Å². The number of methoxy groups -OCH3 is 1. The molecule has 22 heavy (non-hydrogen) atoms. The maximum Gasteiger partial charge on any atom is 0.232 e. The van der Waals surface area contributed by atoms with Gasteiger partial charge in [0, 0.05) is 23.6 Å². The number of phenolic OH excluding ortho intramolecular Hbond substituents is 2. The molecule has 2 aliphatic carbocycles. The summed E-state index contributed by atoms with van der Waals surface area (Å²) >= 11 is 0. The number of allylic oxidation sites excluding steroid dienone is 2. The third-order valence-corrected chi connectivity index (χ3v) is 4.31. The van der Waals surface area contributed by atoms with E-state index >= 15 is 0 Å². The molecule has 3 rings (SSSR count). The van der Waals surface area contributed by atoms with E-state index < -0.39 is 17.2 Å². The summed E-state index contributed by atoms with van der Waals surface area (Å²) < 4.78 is 4.86. The van der Waals surface area contributed by atoms with Gasteiger partial charge in [-0.2, -0.15) is 0 Å². The molecule has 3 N–H and O–H groups in total. The van der Waals surface area contributed by atoms with Crippen LogP contribution in [0.4, 0.5) is 0 Å². The molecule has 0 spiro atoms. The average molecular weight is 304 g/mol. The Balaban J connectivity index is 2.30. The summed E-state index contributed by atoms with van der Waals surface area (Å²) in [5.41, 5.74) is -0.752. The number of ketones is 2. The minimum Gasteiger partial charge on any atom is -0.507 e. The zero-order valence-corrected chi connectivity index (χ0v) is 12.3. The molecule has 1 atom stereocenters. The molecule has 2 aliphatic rings. The first-order chi connectivity index (χ1) is 10.3. The summed E-state index contributed by atoms with van der Waals surface area (Å²) in [7, 11) is 1.25. The fourth-order valence-electron chi connectivity index (χ4n) is 3.14. The molecule has 0 unspecified atom stereocenters. The average Bonchev–Trinajstić information content (AvgIpc) is 2.45. The van der Waals surface area contributed by atoms with E-state index in [9.17, 15) is 24.9 Å². The highest BCUT2D eigenvalue weighted by Gasteiger charge is 2.39. The minimum absolute atomic E-state index is 0.0997. The second-order valence-corrected chi connectivity index (χ2v) is 5.98. The number of fused-ring (bicyclic) bond motifs is 2. The van der Waals surface area contributed by atoms with Gasteiger partial charge in [-0.05, 0) is 19.8 Å². The molecule has 0 aromatic heterocycles. The van der Waals surface area contributed by atoms with Crippen molar-refractivity contribution < 1.29 is 29.6 Å². The van der Waals surface area contributed by atoms with E-state index in [0.29, 0.717) is 24.0 Å². The highest BCUT2D eigenvalue weighted by molar-refractivity contribution is 6.26.